The minimum absolute atomic E-state index is 0.0828. The lowest BCUT2D eigenvalue weighted by Gasteiger charge is -2.16. The van der Waals surface area contributed by atoms with Crippen molar-refractivity contribution in [3.63, 3.8) is 0 Å². The number of carbonyl (C=O) groups excluding carboxylic acids is 1. The zero-order valence-electron chi connectivity index (χ0n) is 12.1. The van der Waals surface area contributed by atoms with Gasteiger partial charge in [0.2, 0.25) is 5.56 Å². The number of aryl methyl sites for hydroxylation is 1. The third kappa shape index (κ3) is 4.49. The van der Waals surface area contributed by atoms with Gasteiger partial charge >= 0.3 is 0 Å². The van der Waals surface area contributed by atoms with E-state index in [0.29, 0.717) is 17.8 Å². The number of carbonyl (C=O) groups is 1. The van der Waals surface area contributed by atoms with Gasteiger partial charge in [-0.2, -0.15) is 0 Å². The second kappa shape index (κ2) is 6.74. The van der Waals surface area contributed by atoms with Gasteiger partial charge in [0.1, 0.15) is 0 Å². The average molecular weight is 285 g/mol. The summed E-state index contributed by atoms with van der Waals surface area (Å²) in [4.78, 5) is 26.0. The summed E-state index contributed by atoms with van der Waals surface area (Å²) in [6, 6.07) is 12.8. The van der Waals surface area contributed by atoms with Crippen LogP contribution in [-0.4, -0.2) is 23.5 Å². The summed E-state index contributed by atoms with van der Waals surface area (Å²) in [5, 5.41) is 6.11. The maximum absolute atomic E-state index is 12.0. The number of benzene rings is 1. The fourth-order valence-corrected chi connectivity index (χ4v) is 2.03. The molecular weight excluding hydrogens is 266 g/mol. The molecule has 2 rings (SSSR count). The summed E-state index contributed by atoms with van der Waals surface area (Å²) in [6.07, 6.45) is 0. The van der Waals surface area contributed by atoms with Crippen molar-refractivity contribution in [2.45, 2.75) is 19.9 Å². The lowest BCUT2D eigenvalue weighted by Crippen LogP contribution is -2.35. The molecular formula is C16H19N3O2. The molecule has 0 bridgehead atoms. The normalized spacial score (nSPS) is 11.7. The topological polar surface area (TPSA) is 74.0 Å². The van der Waals surface area contributed by atoms with E-state index in [2.05, 4.69) is 15.6 Å². The van der Waals surface area contributed by atoms with Gasteiger partial charge in [0.25, 0.3) is 5.91 Å². The van der Waals surface area contributed by atoms with Gasteiger partial charge < -0.3 is 15.6 Å². The molecule has 110 valence electrons. The maximum Gasteiger partial charge on any atom is 0.251 e. The van der Waals surface area contributed by atoms with E-state index in [1.54, 1.807) is 13.0 Å². The quantitative estimate of drug-likeness (QED) is 0.785. The molecule has 1 heterocycles. The summed E-state index contributed by atoms with van der Waals surface area (Å²) in [5.74, 6) is -0.245. The summed E-state index contributed by atoms with van der Waals surface area (Å²) >= 11 is 0. The van der Waals surface area contributed by atoms with E-state index >= 15 is 0 Å². The molecule has 0 spiro atoms. The van der Waals surface area contributed by atoms with Gasteiger partial charge in [0.15, 0.2) is 0 Å². The highest BCUT2D eigenvalue weighted by Crippen LogP contribution is 2.06. The van der Waals surface area contributed by atoms with E-state index in [4.69, 9.17) is 0 Å². The van der Waals surface area contributed by atoms with Crippen molar-refractivity contribution in [2.24, 2.45) is 0 Å². The van der Waals surface area contributed by atoms with Crippen LogP contribution in [0, 0.1) is 6.92 Å². The van der Waals surface area contributed by atoms with Crippen LogP contribution < -0.4 is 16.2 Å². The Morgan fingerprint density at radius 2 is 1.95 bits per heavy atom. The number of aromatic nitrogens is 1. The molecule has 1 aromatic heterocycles. The van der Waals surface area contributed by atoms with Gasteiger partial charge in [-0.25, -0.2) is 0 Å². The number of rotatable bonds is 5. The molecule has 0 unspecified atom stereocenters. The SMILES string of the molecule is Cc1cc(C(=O)NC[C@@H](C)Nc2ccccc2)cc(=O)[nH]1. The molecule has 0 saturated heterocycles. The summed E-state index contributed by atoms with van der Waals surface area (Å²) < 4.78 is 0. The Balaban J connectivity index is 1.90. The van der Waals surface area contributed by atoms with Crippen LogP contribution in [0.4, 0.5) is 5.69 Å². The molecule has 1 amide bonds. The van der Waals surface area contributed by atoms with Crippen LogP contribution in [0.5, 0.6) is 0 Å². The van der Waals surface area contributed by atoms with Crippen molar-refractivity contribution >= 4 is 11.6 Å². The van der Waals surface area contributed by atoms with Crippen LogP contribution in [0.15, 0.2) is 47.3 Å². The Morgan fingerprint density at radius 1 is 1.24 bits per heavy atom. The Hall–Kier alpha value is -2.56. The number of hydrogen-bond donors (Lipinski definition) is 3. The molecule has 5 heteroatoms. The molecule has 2 aromatic rings. The number of hydrogen-bond acceptors (Lipinski definition) is 3. The van der Waals surface area contributed by atoms with Crippen molar-refractivity contribution in [3.05, 3.63) is 64.1 Å². The van der Waals surface area contributed by atoms with E-state index in [9.17, 15) is 9.59 Å². The number of para-hydroxylation sites is 1. The standard InChI is InChI=1S/C16H19N3O2/c1-11-8-13(9-15(20)19-11)16(21)17-10-12(2)18-14-6-4-3-5-7-14/h3-9,12,18H,10H2,1-2H3,(H,17,21)(H,19,20)/t12-/m1/s1. The van der Waals surface area contributed by atoms with Crippen molar-refractivity contribution in [1.82, 2.24) is 10.3 Å². The molecule has 0 radical (unpaired) electrons. The van der Waals surface area contributed by atoms with Crippen LogP contribution in [0.1, 0.15) is 23.0 Å². The van der Waals surface area contributed by atoms with Gasteiger partial charge in [-0.3, -0.25) is 9.59 Å². The highest BCUT2D eigenvalue weighted by molar-refractivity contribution is 5.94. The van der Waals surface area contributed by atoms with E-state index < -0.39 is 0 Å². The Labute approximate surface area is 123 Å². The number of anilines is 1. The van der Waals surface area contributed by atoms with Gasteiger partial charge in [-0.05, 0) is 32.0 Å². The number of amides is 1. The second-order valence-corrected chi connectivity index (χ2v) is 5.04. The molecule has 0 aliphatic heterocycles. The van der Waals surface area contributed by atoms with Crippen molar-refractivity contribution < 1.29 is 4.79 Å². The maximum atomic E-state index is 12.0. The Kier molecular flexibility index (Phi) is 4.77. The second-order valence-electron chi connectivity index (χ2n) is 5.04. The molecule has 21 heavy (non-hydrogen) atoms. The van der Waals surface area contributed by atoms with E-state index in [0.717, 1.165) is 5.69 Å². The number of pyridine rings is 1. The molecule has 1 aromatic carbocycles. The first-order chi connectivity index (χ1) is 10.0. The van der Waals surface area contributed by atoms with Crippen LogP contribution in [-0.2, 0) is 0 Å². The first-order valence-electron chi connectivity index (χ1n) is 6.85. The smallest absolute Gasteiger partial charge is 0.251 e. The minimum Gasteiger partial charge on any atom is -0.381 e. The fraction of sp³-hybridized carbons (Fsp3) is 0.250. The predicted molar refractivity (Wildman–Crippen MR) is 83.7 cm³/mol. The summed E-state index contributed by atoms with van der Waals surface area (Å²) in [7, 11) is 0. The predicted octanol–water partition coefficient (Wildman–Crippen LogP) is 1.91. The number of H-pyrrole nitrogens is 1. The fourth-order valence-electron chi connectivity index (χ4n) is 2.03. The molecule has 0 saturated carbocycles. The van der Waals surface area contributed by atoms with Gasteiger partial charge in [-0.15, -0.1) is 0 Å². The van der Waals surface area contributed by atoms with E-state index in [1.807, 2.05) is 37.3 Å². The molecule has 3 N–H and O–H groups in total. The molecule has 5 nitrogen and oxygen atoms in total. The van der Waals surface area contributed by atoms with E-state index in [-0.39, 0.29) is 17.5 Å². The first kappa shape index (κ1) is 14.8. The Bertz CT molecular complexity index is 665. The van der Waals surface area contributed by atoms with Crippen LogP contribution in [0.2, 0.25) is 0 Å². The molecule has 0 aliphatic carbocycles. The minimum atomic E-state index is -0.268. The van der Waals surface area contributed by atoms with Crippen molar-refractivity contribution in [1.29, 1.82) is 0 Å². The van der Waals surface area contributed by atoms with Crippen LogP contribution in [0.25, 0.3) is 0 Å². The molecule has 1 atom stereocenters. The number of aromatic amines is 1. The molecule has 0 fully saturated rings. The van der Waals surface area contributed by atoms with Crippen molar-refractivity contribution in [3.8, 4) is 0 Å². The third-order valence-electron chi connectivity index (χ3n) is 3.00. The zero-order chi connectivity index (χ0) is 15.2. The third-order valence-corrected chi connectivity index (χ3v) is 3.00. The summed E-state index contributed by atoms with van der Waals surface area (Å²) in [5.41, 5.74) is 1.79. The zero-order valence-corrected chi connectivity index (χ0v) is 12.1. The Morgan fingerprint density at radius 3 is 2.62 bits per heavy atom. The highest BCUT2D eigenvalue weighted by atomic mass is 16.2. The van der Waals surface area contributed by atoms with E-state index in [1.165, 1.54) is 6.07 Å². The highest BCUT2D eigenvalue weighted by Gasteiger charge is 2.09. The lowest BCUT2D eigenvalue weighted by molar-refractivity contribution is 0.0952. The van der Waals surface area contributed by atoms with Crippen molar-refractivity contribution in [2.75, 3.05) is 11.9 Å². The lowest BCUT2D eigenvalue weighted by atomic mass is 10.2. The number of nitrogens with one attached hydrogen (secondary N) is 3. The summed E-state index contributed by atoms with van der Waals surface area (Å²) in [6.45, 7) is 4.20. The largest absolute Gasteiger partial charge is 0.381 e. The van der Waals surface area contributed by atoms with Gasteiger partial charge in [0, 0.05) is 35.6 Å². The van der Waals surface area contributed by atoms with Gasteiger partial charge in [-0.1, -0.05) is 18.2 Å². The van der Waals surface area contributed by atoms with Gasteiger partial charge in [0.05, 0.1) is 0 Å². The van der Waals surface area contributed by atoms with Crippen LogP contribution in [0.3, 0.4) is 0 Å². The average Bonchev–Trinajstić information content (AvgIpc) is 2.45. The monoisotopic (exact) mass is 285 g/mol. The molecule has 0 aliphatic rings. The van der Waals surface area contributed by atoms with Crippen LogP contribution >= 0.6 is 0 Å². The first-order valence-corrected chi connectivity index (χ1v) is 6.85.